The summed E-state index contributed by atoms with van der Waals surface area (Å²) in [7, 11) is 0. The van der Waals surface area contributed by atoms with Crippen LogP contribution in [0.2, 0.25) is 5.02 Å². The molecule has 5 N–H and O–H groups in total. The summed E-state index contributed by atoms with van der Waals surface area (Å²) >= 11 is 5.72. The number of carboxylic acids is 1. The highest BCUT2D eigenvalue weighted by molar-refractivity contribution is 6.33. The summed E-state index contributed by atoms with van der Waals surface area (Å²) in [5, 5.41) is 13.3. The zero-order valence-electron chi connectivity index (χ0n) is 10.7. The van der Waals surface area contributed by atoms with Gasteiger partial charge in [0.1, 0.15) is 11.9 Å². The highest BCUT2D eigenvalue weighted by Gasteiger charge is 2.20. The molecule has 7 nitrogen and oxygen atoms in total. The molecule has 21 heavy (non-hydrogen) atoms. The predicted molar refractivity (Wildman–Crippen MR) is 73.4 cm³/mol. The maximum Gasteiger partial charge on any atom is 0.326 e. The van der Waals surface area contributed by atoms with E-state index in [1.54, 1.807) is 0 Å². The minimum absolute atomic E-state index is 0.0332. The maximum absolute atomic E-state index is 12.8. The molecule has 1 rings (SSSR count). The van der Waals surface area contributed by atoms with Crippen LogP contribution in [0.1, 0.15) is 12.8 Å². The first-order chi connectivity index (χ1) is 9.79. The number of amides is 3. The van der Waals surface area contributed by atoms with Crippen molar-refractivity contribution in [3.8, 4) is 0 Å². The Hall–Kier alpha value is -2.35. The summed E-state index contributed by atoms with van der Waals surface area (Å²) in [6.07, 6.45) is -0.330. The largest absolute Gasteiger partial charge is 0.480 e. The van der Waals surface area contributed by atoms with Crippen LogP contribution in [-0.4, -0.2) is 29.1 Å². The van der Waals surface area contributed by atoms with E-state index in [2.05, 4.69) is 10.6 Å². The molecule has 0 bridgehead atoms. The lowest BCUT2D eigenvalue weighted by atomic mass is 10.1. The van der Waals surface area contributed by atoms with Gasteiger partial charge in [-0.3, -0.25) is 4.79 Å². The van der Waals surface area contributed by atoms with Gasteiger partial charge in [-0.25, -0.2) is 14.0 Å². The van der Waals surface area contributed by atoms with Gasteiger partial charge in [-0.05, 0) is 24.6 Å². The molecule has 0 heterocycles. The molecule has 0 unspecified atom stereocenters. The Kier molecular flexibility index (Phi) is 5.92. The third-order valence-corrected chi connectivity index (χ3v) is 2.77. The lowest BCUT2D eigenvalue weighted by Crippen LogP contribution is -2.43. The van der Waals surface area contributed by atoms with E-state index in [0.29, 0.717) is 0 Å². The number of anilines is 1. The average molecular weight is 318 g/mol. The smallest absolute Gasteiger partial charge is 0.326 e. The van der Waals surface area contributed by atoms with Crippen molar-refractivity contribution in [2.24, 2.45) is 5.73 Å². The number of nitrogens with two attached hydrogens (primary N) is 1. The number of carbonyl (C=O) groups is 3. The molecule has 0 saturated heterocycles. The average Bonchev–Trinajstić information content (AvgIpc) is 2.37. The number of hydrogen-bond acceptors (Lipinski definition) is 3. The molecule has 1 atom stereocenters. The van der Waals surface area contributed by atoms with Crippen LogP contribution in [0, 0.1) is 5.82 Å². The molecular formula is C12H13ClFN3O4. The van der Waals surface area contributed by atoms with Crippen molar-refractivity contribution in [2.45, 2.75) is 18.9 Å². The van der Waals surface area contributed by atoms with Gasteiger partial charge in [-0.1, -0.05) is 11.6 Å². The van der Waals surface area contributed by atoms with Crippen LogP contribution >= 0.6 is 11.6 Å². The molecule has 114 valence electrons. The Balaban J connectivity index is 2.65. The quantitative estimate of drug-likeness (QED) is 0.632. The third-order valence-electron chi connectivity index (χ3n) is 2.46. The first-order valence-corrected chi connectivity index (χ1v) is 6.21. The Morgan fingerprint density at radius 1 is 1.38 bits per heavy atom. The number of carbonyl (C=O) groups excluding carboxylic acids is 2. The summed E-state index contributed by atoms with van der Waals surface area (Å²) < 4.78 is 12.8. The van der Waals surface area contributed by atoms with Crippen LogP contribution in [0.4, 0.5) is 14.9 Å². The van der Waals surface area contributed by atoms with Gasteiger partial charge in [0.2, 0.25) is 5.91 Å². The third kappa shape index (κ3) is 5.65. The van der Waals surface area contributed by atoms with Crippen LogP contribution in [0.15, 0.2) is 18.2 Å². The van der Waals surface area contributed by atoms with Crippen molar-refractivity contribution in [1.29, 1.82) is 0 Å². The van der Waals surface area contributed by atoms with Gasteiger partial charge in [0.15, 0.2) is 0 Å². The fraction of sp³-hybridized carbons (Fsp3) is 0.250. The Bertz CT molecular complexity index is 567. The first-order valence-electron chi connectivity index (χ1n) is 5.83. The predicted octanol–water partition coefficient (Wildman–Crippen LogP) is 1.32. The Morgan fingerprint density at radius 2 is 2.05 bits per heavy atom. The van der Waals surface area contributed by atoms with E-state index in [4.69, 9.17) is 22.4 Å². The van der Waals surface area contributed by atoms with Crippen molar-refractivity contribution in [2.75, 3.05) is 5.32 Å². The van der Waals surface area contributed by atoms with Crippen molar-refractivity contribution in [3.63, 3.8) is 0 Å². The van der Waals surface area contributed by atoms with Crippen molar-refractivity contribution < 1.29 is 23.9 Å². The number of benzene rings is 1. The molecule has 9 heteroatoms. The number of urea groups is 1. The first kappa shape index (κ1) is 16.7. The topological polar surface area (TPSA) is 122 Å². The fourth-order valence-electron chi connectivity index (χ4n) is 1.45. The van der Waals surface area contributed by atoms with Crippen LogP contribution in [0.3, 0.4) is 0 Å². The van der Waals surface area contributed by atoms with Gasteiger partial charge in [0.25, 0.3) is 0 Å². The van der Waals surface area contributed by atoms with Crippen LogP contribution < -0.4 is 16.4 Å². The second-order valence-corrected chi connectivity index (χ2v) is 4.53. The normalized spacial score (nSPS) is 11.5. The highest BCUT2D eigenvalue weighted by Crippen LogP contribution is 2.22. The van der Waals surface area contributed by atoms with Gasteiger partial charge < -0.3 is 21.5 Å². The molecule has 0 aliphatic rings. The molecule has 0 fully saturated rings. The molecule has 0 saturated carbocycles. The van der Waals surface area contributed by atoms with Crippen LogP contribution in [0.5, 0.6) is 0 Å². The monoisotopic (exact) mass is 317 g/mol. The number of halogens is 2. The van der Waals surface area contributed by atoms with Gasteiger partial charge in [-0.2, -0.15) is 0 Å². The second kappa shape index (κ2) is 7.44. The number of nitrogens with one attached hydrogen (secondary N) is 2. The summed E-state index contributed by atoms with van der Waals surface area (Å²) in [5.74, 6) is -2.56. The van der Waals surface area contributed by atoms with E-state index in [1.165, 1.54) is 6.07 Å². The van der Waals surface area contributed by atoms with E-state index >= 15 is 0 Å². The van der Waals surface area contributed by atoms with Gasteiger partial charge in [-0.15, -0.1) is 0 Å². The lowest BCUT2D eigenvalue weighted by molar-refractivity contribution is -0.139. The molecule has 0 aliphatic heterocycles. The number of carboxylic acid groups (broad SMARTS) is 1. The molecular weight excluding hydrogens is 305 g/mol. The standard InChI is InChI=1S/C12H13ClFN3O4/c13-7-5-6(14)1-2-8(7)16-12(21)17-9(11(19)20)3-4-10(15)18/h1-2,5,9H,3-4H2,(H2,15,18)(H,19,20)(H2,16,17,21)/t9-/m1/s1. The van der Waals surface area contributed by atoms with E-state index in [-0.39, 0.29) is 23.6 Å². The van der Waals surface area contributed by atoms with Crippen molar-refractivity contribution >= 4 is 35.2 Å². The Morgan fingerprint density at radius 3 is 2.57 bits per heavy atom. The summed E-state index contributed by atoms with van der Waals surface area (Å²) in [6.45, 7) is 0. The van der Waals surface area contributed by atoms with E-state index < -0.39 is 29.8 Å². The van der Waals surface area contributed by atoms with Gasteiger partial charge in [0, 0.05) is 6.42 Å². The lowest BCUT2D eigenvalue weighted by Gasteiger charge is -2.15. The van der Waals surface area contributed by atoms with Crippen molar-refractivity contribution in [3.05, 3.63) is 29.0 Å². The number of primary amides is 1. The summed E-state index contributed by atoms with van der Waals surface area (Å²) in [5.41, 5.74) is 5.04. The highest BCUT2D eigenvalue weighted by atomic mass is 35.5. The second-order valence-electron chi connectivity index (χ2n) is 4.12. The summed E-state index contributed by atoms with van der Waals surface area (Å²) in [4.78, 5) is 33.2. The Labute approximate surface area is 124 Å². The zero-order chi connectivity index (χ0) is 16.0. The molecule has 0 aromatic heterocycles. The SMILES string of the molecule is NC(=O)CC[C@@H](NC(=O)Nc1ccc(F)cc1Cl)C(=O)O. The minimum atomic E-state index is -1.31. The molecule has 1 aromatic rings. The maximum atomic E-state index is 12.8. The summed E-state index contributed by atoms with van der Waals surface area (Å²) in [6, 6.07) is 1.19. The molecule has 0 spiro atoms. The van der Waals surface area contributed by atoms with Gasteiger partial charge in [0.05, 0.1) is 10.7 Å². The minimum Gasteiger partial charge on any atom is -0.480 e. The number of hydrogen-bond donors (Lipinski definition) is 4. The molecule has 1 aromatic carbocycles. The van der Waals surface area contributed by atoms with Crippen LogP contribution in [-0.2, 0) is 9.59 Å². The van der Waals surface area contributed by atoms with Crippen molar-refractivity contribution in [1.82, 2.24) is 5.32 Å². The number of rotatable bonds is 6. The van der Waals surface area contributed by atoms with Gasteiger partial charge >= 0.3 is 12.0 Å². The van der Waals surface area contributed by atoms with E-state index in [1.807, 2.05) is 0 Å². The molecule has 0 radical (unpaired) electrons. The number of aliphatic carboxylic acids is 1. The van der Waals surface area contributed by atoms with E-state index in [9.17, 15) is 18.8 Å². The van der Waals surface area contributed by atoms with Crippen LogP contribution in [0.25, 0.3) is 0 Å². The zero-order valence-corrected chi connectivity index (χ0v) is 11.5. The van der Waals surface area contributed by atoms with E-state index in [0.717, 1.165) is 12.1 Å². The molecule has 3 amide bonds. The fourth-order valence-corrected chi connectivity index (χ4v) is 1.67. The molecule has 0 aliphatic carbocycles.